The van der Waals surface area contributed by atoms with Crippen LogP contribution in [0.15, 0.2) is 71.3 Å². The van der Waals surface area contributed by atoms with Gasteiger partial charge in [-0.1, -0.05) is 24.9 Å². The van der Waals surface area contributed by atoms with E-state index in [4.69, 9.17) is 28.6 Å². The summed E-state index contributed by atoms with van der Waals surface area (Å²) >= 11 is 6.16. The van der Waals surface area contributed by atoms with Crippen LogP contribution in [0.4, 0.5) is 27.6 Å². The molecule has 2 atom stereocenters. The third kappa shape index (κ3) is 7.87. The molecular formula is C29H29ClF5N9O2. The first-order valence-corrected chi connectivity index (χ1v) is 14.1. The number of nitrogens with one attached hydrogen (secondary N) is 3. The number of fused-ring (bicyclic) bond motifs is 2. The van der Waals surface area contributed by atoms with E-state index >= 15 is 0 Å². The number of anilines is 1. The van der Waals surface area contributed by atoms with E-state index in [0.717, 1.165) is 12.3 Å². The fourth-order valence-electron chi connectivity index (χ4n) is 4.84. The van der Waals surface area contributed by atoms with E-state index in [-0.39, 0.29) is 38.9 Å². The monoisotopic (exact) mass is 665 g/mol. The number of carbonyl (C=O) groups excluding carboxylic acids is 1. The Morgan fingerprint density at radius 3 is 2.59 bits per heavy atom. The molecule has 46 heavy (non-hydrogen) atoms. The van der Waals surface area contributed by atoms with Crippen molar-refractivity contribution in [2.45, 2.75) is 45.0 Å². The van der Waals surface area contributed by atoms with Crippen LogP contribution >= 0.6 is 11.6 Å². The second kappa shape index (κ2) is 14.1. The molecule has 2 unspecified atom stereocenters. The third-order valence-electron chi connectivity index (χ3n) is 7.19. The molecule has 3 aromatic rings. The Labute approximate surface area is 264 Å². The molecule has 2 bridgehead atoms. The number of rotatable bonds is 7. The maximum Gasteiger partial charge on any atom is 0.432 e. The summed E-state index contributed by atoms with van der Waals surface area (Å²) < 4.78 is 67.4. The molecule has 244 valence electrons. The molecule has 0 aliphatic carbocycles. The molecule has 1 aromatic carbocycles. The molecule has 1 amide bonds. The van der Waals surface area contributed by atoms with Gasteiger partial charge in [0.2, 0.25) is 5.91 Å². The summed E-state index contributed by atoms with van der Waals surface area (Å²) in [5.74, 6) is 4.85. The van der Waals surface area contributed by atoms with Crippen LogP contribution in [0.3, 0.4) is 0 Å². The van der Waals surface area contributed by atoms with Gasteiger partial charge in [0.05, 0.1) is 40.8 Å². The number of hydrogen-bond acceptors (Lipinski definition) is 9. The van der Waals surface area contributed by atoms with Crippen molar-refractivity contribution >= 4 is 35.1 Å². The van der Waals surface area contributed by atoms with E-state index in [1.165, 1.54) is 47.4 Å². The minimum absolute atomic E-state index is 0.0155. The first kappa shape index (κ1) is 34.1. The zero-order valence-electron chi connectivity index (χ0n) is 24.2. The second-order valence-corrected chi connectivity index (χ2v) is 10.8. The normalized spacial score (nSPS) is 19.6. The second-order valence-electron chi connectivity index (χ2n) is 10.4. The largest absolute Gasteiger partial charge is 0.432 e. The number of allylic oxidation sites excluding steroid dienone is 2. The summed E-state index contributed by atoms with van der Waals surface area (Å²) in [5, 5.41) is 13.1. The van der Waals surface area contributed by atoms with Gasteiger partial charge >= 0.3 is 12.7 Å². The molecule has 0 radical (unpaired) electrons. The summed E-state index contributed by atoms with van der Waals surface area (Å²) in [6.07, 6.45) is 0.0758. The highest BCUT2D eigenvalue weighted by molar-refractivity contribution is 6.31. The van der Waals surface area contributed by atoms with Crippen LogP contribution in [0.1, 0.15) is 43.5 Å². The van der Waals surface area contributed by atoms with Gasteiger partial charge in [0, 0.05) is 46.7 Å². The van der Waals surface area contributed by atoms with Crippen molar-refractivity contribution in [2.75, 3.05) is 5.01 Å². The standard InChI is InChI=1S/C29H29ClF5N9O2/c1-15-3-2-4-23(20-9-16(7-8-39-20)26(42-28(31)32)21(12-36)41-27(15)46)43-14-40-19(11-25(43)45)18-10-17(30)5-6-22(18)44(38)13-24(37)29(33,34)35/h5-15,23,28,36,42H,2-4,37-38H2,1H3,(H,41,46)/b24-13-,26-21+,36-12?. The van der Waals surface area contributed by atoms with Crippen molar-refractivity contribution in [3.63, 3.8) is 0 Å². The van der Waals surface area contributed by atoms with Crippen molar-refractivity contribution in [1.29, 1.82) is 5.41 Å². The fourth-order valence-corrected chi connectivity index (χ4v) is 5.01. The highest BCUT2D eigenvalue weighted by Crippen LogP contribution is 2.33. The number of halogens is 6. The Hall–Kier alpha value is -4.83. The average Bonchev–Trinajstić information content (AvgIpc) is 3.00. The van der Waals surface area contributed by atoms with Crippen LogP contribution in [-0.4, -0.2) is 39.4 Å². The van der Waals surface area contributed by atoms with Gasteiger partial charge in [-0.15, -0.1) is 0 Å². The predicted octanol–water partition coefficient (Wildman–Crippen LogP) is 4.66. The van der Waals surface area contributed by atoms with Gasteiger partial charge < -0.3 is 21.8 Å². The van der Waals surface area contributed by atoms with Crippen molar-refractivity contribution in [3.8, 4) is 11.3 Å². The van der Waals surface area contributed by atoms with E-state index in [0.29, 0.717) is 36.2 Å². The Bertz CT molecular complexity index is 1740. The predicted molar refractivity (Wildman–Crippen MR) is 162 cm³/mol. The van der Waals surface area contributed by atoms with Gasteiger partial charge in [-0.05, 0) is 43.2 Å². The average molecular weight is 666 g/mol. The smallest absolute Gasteiger partial charge is 0.393 e. The summed E-state index contributed by atoms with van der Waals surface area (Å²) in [6.45, 7) is -1.38. The molecule has 17 heteroatoms. The number of benzene rings is 1. The Kier molecular flexibility index (Phi) is 10.4. The molecular weight excluding hydrogens is 637 g/mol. The summed E-state index contributed by atoms with van der Waals surface area (Å²) in [6, 6.07) is 7.37. The Morgan fingerprint density at radius 1 is 1.20 bits per heavy atom. The van der Waals surface area contributed by atoms with Gasteiger partial charge in [0.1, 0.15) is 5.70 Å². The van der Waals surface area contributed by atoms with E-state index in [2.05, 4.69) is 15.3 Å². The fraction of sp³-hybridized carbons (Fsp3) is 0.276. The molecule has 0 spiro atoms. The first-order chi connectivity index (χ1) is 21.7. The molecule has 3 heterocycles. The molecule has 1 aliphatic rings. The first-order valence-electron chi connectivity index (χ1n) is 13.7. The lowest BCUT2D eigenvalue weighted by molar-refractivity contribution is -0.123. The zero-order valence-corrected chi connectivity index (χ0v) is 24.9. The Balaban J connectivity index is 1.82. The SMILES string of the molecule is CC1CCCC(n2cnc(-c3cc(Cl)ccc3N(N)/C=C(\N)C(F)(F)F)cc2=O)c2cc(ccn2)/C(NC(F)F)=C(/C=N)NC1=O. The van der Waals surface area contributed by atoms with Gasteiger partial charge in [-0.3, -0.25) is 24.1 Å². The number of hydrazine groups is 1. The number of pyridine rings is 1. The topological polar surface area (TPSA) is 168 Å². The van der Waals surface area contributed by atoms with Crippen LogP contribution in [-0.2, 0) is 4.79 Å². The number of aromatic nitrogens is 3. The van der Waals surface area contributed by atoms with Gasteiger partial charge in [-0.25, -0.2) is 10.8 Å². The van der Waals surface area contributed by atoms with Gasteiger partial charge in [0.25, 0.3) is 5.56 Å². The van der Waals surface area contributed by atoms with Gasteiger partial charge in [-0.2, -0.15) is 22.0 Å². The Morgan fingerprint density at radius 2 is 1.93 bits per heavy atom. The number of nitrogens with zero attached hydrogens (tertiary/aromatic N) is 4. The van der Waals surface area contributed by atoms with Crippen LogP contribution < -0.4 is 32.8 Å². The number of carbonyl (C=O) groups is 1. The maximum atomic E-state index is 13.6. The van der Waals surface area contributed by atoms with Crippen LogP contribution in [0.2, 0.25) is 5.02 Å². The van der Waals surface area contributed by atoms with Crippen molar-refractivity contribution in [1.82, 2.24) is 25.2 Å². The maximum absolute atomic E-state index is 13.6. The van der Waals surface area contributed by atoms with Crippen molar-refractivity contribution in [3.05, 3.63) is 93.2 Å². The number of nitrogens with two attached hydrogens (primary N) is 2. The lowest BCUT2D eigenvalue weighted by Crippen LogP contribution is -2.33. The minimum atomic E-state index is -4.84. The van der Waals surface area contributed by atoms with Crippen molar-refractivity contribution in [2.24, 2.45) is 17.5 Å². The molecule has 0 fully saturated rings. The number of amides is 1. The van der Waals surface area contributed by atoms with E-state index in [9.17, 15) is 31.5 Å². The number of alkyl halides is 5. The van der Waals surface area contributed by atoms with Crippen LogP contribution in [0.5, 0.6) is 0 Å². The molecule has 1 aliphatic heterocycles. The molecule has 7 N–H and O–H groups in total. The van der Waals surface area contributed by atoms with Crippen LogP contribution in [0.25, 0.3) is 17.0 Å². The van der Waals surface area contributed by atoms with Crippen LogP contribution in [0, 0.1) is 11.3 Å². The minimum Gasteiger partial charge on any atom is -0.393 e. The summed E-state index contributed by atoms with van der Waals surface area (Å²) in [7, 11) is 0. The summed E-state index contributed by atoms with van der Waals surface area (Å²) in [5.41, 5.74) is 3.38. The molecule has 0 saturated carbocycles. The molecule has 0 saturated heterocycles. The number of hydrogen-bond donors (Lipinski definition) is 5. The van der Waals surface area contributed by atoms with Crippen molar-refractivity contribution < 1.29 is 26.7 Å². The highest BCUT2D eigenvalue weighted by atomic mass is 35.5. The quantitative estimate of drug-likeness (QED) is 0.0799. The summed E-state index contributed by atoms with van der Waals surface area (Å²) in [4.78, 5) is 35.2. The molecule has 11 nitrogen and oxygen atoms in total. The van der Waals surface area contributed by atoms with Gasteiger partial charge in [0.15, 0.2) is 0 Å². The highest BCUT2D eigenvalue weighted by Gasteiger charge is 2.32. The third-order valence-corrected chi connectivity index (χ3v) is 7.42. The van der Waals surface area contributed by atoms with E-state index < -0.39 is 41.8 Å². The van der Waals surface area contributed by atoms with E-state index in [1.54, 1.807) is 6.92 Å². The van der Waals surface area contributed by atoms with E-state index in [1.807, 2.05) is 5.32 Å². The lowest BCUT2D eigenvalue weighted by atomic mass is 9.96. The molecule has 2 aromatic heterocycles. The zero-order chi connectivity index (χ0) is 33.8. The molecule has 4 rings (SSSR count). The lowest BCUT2D eigenvalue weighted by Gasteiger charge is -2.24.